The van der Waals surface area contributed by atoms with E-state index in [1.807, 2.05) is 0 Å². The average molecular weight is 295 g/mol. The Morgan fingerprint density at radius 2 is 1.80 bits per heavy atom. The second-order valence-electron chi connectivity index (χ2n) is 6.86. The Hall–Kier alpha value is -0.870. The summed E-state index contributed by atoms with van der Waals surface area (Å²) in [5, 5.41) is 3.43. The van der Waals surface area contributed by atoms with Crippen molar-refractivity contribution in [3.8, 4) is 0 Å². The summed E-state index contributed by atoms with van der Waals surface area (Å²) in [7, 11) is -2.81. The van der Waals surface area contributed by atoms with Gasteiger partial charge in [0.15, 0.2) is 9.84 Å². The van der Waals surface area contributed by atoms with Gasteiger partial charge in [-0.3, -0.25) is 0 Å². The van der Waals surface area contributed by atoms with Gasteiger partial charge in [-0.2, -0.15) is 0 Å². The van der Waals surface area contributed by atoms with Crippen molar-refractivity contribution < 1.29 is 8.42 Å². The van der Waals surface area contributed by atoms with Crippen LogP contribution in [0.3, 0.4) is 0 Å². The molecular weight excluding hydrogens is 270 g/mol. The van der Waals surface area contributed by atoms with Crippen LogP contribution in [0.4, 0.5) is 0 Å². The summed E-state index contributed by atoms with van der Waals surface area (Å²) >= 11 is 0. The van der Waals surface area contributed by atoms with Gasteiger partial charge in [0, 0.05) is 12.1 Å². The van der Waals surface area contributed by atoms with Gasteiger partial charge in [0.25, 0.3) is 0 Å². The van der Waals surface area contributed by atoms with Crippen molar-refractivity contribution in [1.82, 2.24) is 5.32 Å². The largest absolute Gasteiger partial charge is 0.306 e. The lowest BCUT2D eigenvalue weighted by atomic mass is 9.86. The van der Waals surface area contributed by atoms with Gasteiger partial charge in [-0.15, -0.1) is 0 Å². The molecule has 20 heavy (non-hydrogen) atoms. The van der Waals surface area contributed by atoms with Gasteiger partial charge in [-0.05, 0) is 29.9 Å². The molecule has 3 nitrogen and oxygen atoms in total. The zero-order valence-electron chi connectivity index (χ0n) is 12.8. The lowest BCUT2D eigenvalue weighted by Gasteiger charge is -2.22. The maximum absolute atomic E-state index is 11.5. The molecule has 1 aromatic carbocycles. The van der Waals surface area contributed by atoms with Gasteiger partial charge in [0.2, 0.25) is 0 Å². The van der Waals surface area contributed by atoms with Crippen LogP contribution >= 0.6 is 0 Å². The Morgan fingerprint density at radius 3 is 2.25 bits per heavy atom. The predicted octanol–water partition coefficient (Wildman–Crippen LogP) is 2.82. The van der Waals surface area contributed by atoms with E-state index in [0.717, 1.165) is 6.42 Å². The monoisotopic (exact) mass is 295 g/mol. The van der Waals surface area contributed by atoms with Crippen LogP contribution in [0.1, 0.15) is 51.3 Å². The Balaban J connectivity index is 2.01. The van der Waals surface area contributed by atoms with Crippen molar-refractivity contribution in [2.45, 2.75) is 51.6 Å². The molecule has 2 atom stereocenters. The molecule has 4 heteroatoms. The Kier molecular flexibility index (Phi) is 4.26. The number of benzene rings is 1. The molecule has 0 spiro atoms. The summed E-state index contributed by atoms with van der Waals surface area (Å²) in [6, 6.07) is 8.89. The first-order valence-corrected chi connectivity index (χ1v) is 9.06. The molecular formula is C16H25NO2S. The highest BCUT2D eigenvalue weighted by Gasteiger charge is 2.28. The molecule has 0 saturated carbocycles. The van der Waals surface area contributed by atoms with E-state index in [9.17, 15) is 8.42 Å². The summed E-state index contributed by atoms with van der Waals surface area (Å²) in [6.45, 7) is 8.70. The molecule has 0 bridgehead atoms. The number of hydrogen-bond acceptors (Lipinski definition) is 3. The highest BCUT2D eigenvalue weighted by Crippen LogP contribution is 2.24. The van der Waals surface area contributed by atoms with Crippen LogP contribution in [0.5, 0.6) is 0 Å². The minimum Gasteiger partial charge on any atom is -0.306 e. The first-order chi connectivity index (χ1) is 9.17. The molecule has 1 aliphatic rings. The first-order valence-electron chi connectivity index (χ1n) is 7.24. The summed E-state index contributed by atoms with van der Waals surface area (Å²) in [5.74, 6) is 0.595. The van der Waals surface area contributed by atoms with Gasteiger partial charge >= 0.3 is 0 Å². The van der Waals surface area contributed by atoms with Gasteiger partial charge in [-0.25, -0.2) is 8.42 Å². The molecule has 0 radical (unpaired) electrons. The van der Waals surface area contributed by atoms with E-state index < -0.39 is 9.84 Å². The third-order valence-corrected chi connectivity index (χ3v) is 5.76. The van der Waals surface area contributed by atoms with E-state index in [2.05, 4.69) is 57.3 Å². The maximum Gasteiger partial charge on any atom is 0.151 e. The van der Waals surface area contributed by atoms with Crippen molar-refractivity contribution >= 4 is 9.84 Å². The fraction of sp³-hybridized carbons (Fsp3) is 0.625. The lowest BCUT2D eigenvalue weighted by molar-refractivity contribution is 0.484. The number of sulfone groups is 1. The van der Waals surface area contributed by atoms with Gasteiger partial charge in [0.1, 0.15) is 0 Å². The minimum atomic E-state index is -2.81. The summed E-state index contributed by atoms with van der Waals surface area (Å²) in [6.07, 6.45) is 0.729. The van der Waals surface area contributed by atoms with E-state index in [0.29, 0.717) is 5.75 Å². The van der Waals surface area contributed by atoms with Crippen LogP contribution in [0.25, 0.3) is 0 Å². The summed E-state index contributed by atoms with van der Waals surface area (Å²) in [4.78, 5) is 0. The maximum atomic E-state index is 11.5. The van der Waals surface area contributed by atoms with Crippen LogP contribution in [0.15, 0.2) is 24.3 Å². The summed E-state index contributed by atoms with van der Waals surface area (Å²) in [5.41, 5.74) is 2.69. The molecule has 0 aliphatic carbocycles. The van der Waals surface area contributed by atoms with Crippen LogP contribution in [0, 0.1) is 0 Å². The topological polar surface area (TPSA) is 46.2 Å². The molecule has 112 valence electrons. The molecule has 0 unspecified atom stereocenters. The zero-order chi connectivity index (χ0) is 15.0. The van der Waals surface area contributed by atoms with Crippen molar-refractivity contribution in [3.63, 3.8) is 0 Å². The Bertz CT molecular complexity index is 555. The molecule has 1 saturated heterocycles. The second-order valence-corrected chi connectivity index (χ2v) is 9.09. The molecule has 0 aromatic heterocycles. The fourth-order valence-corrected chi connectivity index (χ4v) is 4.33. The highest BCUT2D eigenvalue weighted by molar-refractivity contribution is 7.91. The second kappa shape index (κ2) is 5.49. The molecule has 1 heterocycles. The zero-order valence-corrected chi connectivity index (χ0v) is 13.6. The quantitative estimate of drug-likeness (QED) is 0.932. The summed E-state index contributed by atoms with van der Waals surface area (Å²) < 4.78 is 22.9. The Morgan fingerprint density at radius 1 is 1.20 bits per heavy atom. The van der Waals surface area contributed by atoms with Crippen LogP contribution < -0.4 is 5.32 Å². The average Bonchev–Trinajstić information content (AvgIpc) is 2.67. The van der Waals surface area contributed by atoms with Gasteiger partial charge < -0.3 is 5.32 Å². The fourth-order valence-electron chi connectivity index (χ4n) is 2.65. The number of hydrogen-bond donors (Lipinski definition) is 1. The van der Waals surface area contributed by atoms with Crippen LogP contribution in [-0.4, -0.2) is 26.0 Å². The van der Waals surface area contributed by atoms with E-state index in [4.69, 9.17) is 0 Å². The minimum absolute atomic E-state index is 0.0947. The molecule has 1 aliphatic heterocycles. The van der Waals surface area contributed by atoms with E-state index in [1.165, 1.54) is 11.1 Å². The molecule has 2 rings (SSSR count). The van der Waals surface area contributed by atoms with Crippen molar-refractivity contribution in [3.05, 3.63) is 35.4 Å². The van der Waals surface area contributed by atoms with Crippen molar-refractivity contribution in [1.29, 1.82) is 0 Å². The van der Waals surface area contributed by atoms with Crippen molar-refractivity contribution in [2.24, 2.45) is 0 Å². The smallest absolute Gasteiger partial charge is 0.151 e. The highest BCUT2D eigenvalue weighted by atomic mass is 32.2. The SMILES string of the molecule is C[C@@H](N[C@@H]1CCS(=O)(=O)C1)c1ccc(C(C)(C)C)cc1. The molecule has 1 N–H and O–H groups in total. The normalized spacial score (nSPS) is 23.7. The van der Waals surface area contributed by atoms with E-state index in [1.54, 1.807) is 0 Å². The third-order valence-electron chi connectivity index (χ3n) is 3.99. The van der Waals surface area contributed by atoms with Gasteiger partial charge in [-0.1, -0.05) is 45.0 Å². The third kappa shape index (κ3) is 3.83. The standard InChI is InChI=1S/C16H25NO2S/c1-12(17-15-9-10-20(18,19)11-15)13-5-7-14(8-6-13)16(2,3)4/h5-8,12,15,17H,9-11H2,1-4H3/t12-,15-/m1/s1. The molecule has 1 aromatic rings. The van der Waals surface area contributed by atoms with Crippen LogP contribution in [0.2, 0.25) is 0 Å². The predicted molar refractivity (Wildman–Crippen MR) is 83.8 cm³/mol. The Labute approximate surface area is 122 Å². The van der Waals surface area contributed by atoms with Gasteiger partial charge in [0.05, 0.1) is 11.5 Å². The first kappa shape index (κ1) is 15.5. The van der Waals surface area contributed by atoms with E-state index in [-0.39, 0.29) is 23.3 Å². The lowest BCUT2D eigenvalue weighted by Crippen LogP contribution is -2.32. The number of nitrogens with one attached hydrogen (secondary N) is 1. The number of rotatable bonds is 3. The van der Waals surface area contributed by atoms with Crippen molar-refractivity contribution in [2.75, 3.05) is 11.5 Å². The molecule has 1 fully saturated rings. The molecule has 0 amide bonds. The van der Waals surface area contributed by atoms with E-state index >= 15 is 0 Å². The van der Waals surface area contributed by atoms with Crippen LogP contribution in [-0.2, 0) is 15.3 Å².